The van der Waals surface area contributed by atoms with E-state index in [1.165, 1.54) is 0 Å². The van der Waals surface area contributed by atoms with Crippen molar-refractivity contribution in [2.75, 3.05) is 17.6 Å². The summed E-state index contributed by atoms with van der Waals surface area (Å²) < 4.78 is 31.0. The molecule has 1 aromatic carbocycles. The molecule has 94 valence electrons. The minimum absolute atomic E-state index is 0. The zero-order valence-corrected chi connectivity index (χ0v) is 13.9. The Bertz CT molecular complexity index is 488. The number of nitrogens with one attached hydrogen (secondary N) is 2. The van der Waals surface area contributed by atoms with E-state index in [4.69, 9.17) is 12.2 Å². The van der Waals surface area contributed by atoms with Gasteiger partial charge in [-0.05, 0) is 31.3 Å². The van der Waals surface area contributed by atoms with Gasteiger partial charge in [0.1, 0.15) is 0 Å². The van der Waals surface area contributed by atoms with E-state index in [0.29, 0.717) is 0 Å². The van der Waals surface area contributed by atoms with Crippen LogP contribution in [0.3, 0.4) is 0 Å². The summed E-state index contributed by atoms with van der Waals surface area (Å²) in [5.74, 6) is -0.483. The summed E-state index contributed by atoms with van der Waals surface area (Å²) in [5, 5.41) is 5.81. The number of aryl methyl sites for hydroxylation is 1. The second-order valence-electron chi connectivity index (χ2n) is 3.51. The Kier molecular flexibility index (Phi) is 8.00. The van der Waals surface area contributed by atoms with Gasteiger partial charge in [0.15, 0.2) is 5.11 Å². The molecular weight excluding hydrogens is 283 g/mol. The maximum absolute atomic E-state index is 10.3. The fraction of sp³-hybridized carbons (Fsp3) is 0.300. The molecule has 0 aliphatic carbocycles. The molecule has 18 heavy (non-hydrogen) atoms. The third-order valence-electron chi connectivity index (χ3n) is 1.95. The van der Waals surface area contributed by atoms with Crippen molar-refractivity contribution in [3.63, 3.8) is 0 Å². The third kappa shape index (κ3) is 8.02. The SMILES string of the molecule is Cc1ccc(NC(=S)NCCS(=O)(=O)[O-])cc1.[Na+]. The zero-order valence-electron chi connectivity index (χ0n) is 10.3. The van der Waals surface area contributed by atoms with Gasteiger partial charge in [0, 0.05) is 12.2 Å². The van der Waals surface area contributed by atoms with E-state index in [2.05, 4.69) is 10.6 Å². The quantitative estimate of drug-likeness (QED) is 0.374. The Balaban J connectivity index is 0.00000289. The van der Waals surface area contributed by atoms with E-state index in [1.54, 1.807) is 0 Å². The molecule has 0 aliphatic heterocycles. The summed E-state index contributed by atoms with van der Waals surface area (Å²) in [6.45, 7) is 1.98. The summed E-state index contributed by atoms with van der Waals surface area (Å²) in [5.41, 5.74) is 1.94. The molecule has 8 heteroatoms. The van der Waals surface area contributed by atoms with Crippen molar-refractivity contribution >= 4 is 33.1 Å². The largest absolute Gasteiger partial charge is 1.00 e. The first-order valence-corrected chi connectivity index (χ1v) is 6.90. The Labute approximate surface area is 134 Å². The van der Waals surface area contributed by atoms with Crippen LogP contribution in [0.2, 0.25) is 0 Å². The van der Waals surface area contributed by atoms with E-state index in [1.807, 2.05) is 31.2 Å². The van der Waals surface area contributed by atoms with Gasteiger partial charge >= 0.3 is 29.6 Å². The average Bonchev–Trinajstić information content (AvgIpc) is 2.19. The molecular formula is C10H13N2NaO3S2. The number of benzene rings is 1. The van der Waals surface area contributed by atoms with Gasteiger partial charge in [0.25, 0.3) is 0 Å². The Morgan fingerprint density at radius 2 is 1.89 bits per heavy atom. The molecule has 0 aliphatic rings. The van der Waals surface area contributed by atoms with Crippen LogP contribution in [-0.2, 0) is 10.1 Å². The molecule has 0 heterocycles. The van der Waals surface area contributed by atoms with E-state index in [0.717, 1.165) is 11.3 Å². The average molecular weight is 296 g/mol. The molecule has 0 saturated heterocycles. The molecule has 0 spiro atoms. The number of hydrogen-bond donors (Lipinski definition) is 2. The van der Waals surface area contributed by atoms with Crippen LogP contribution >= 0.6 is 12.2 Å². The predicted molar refractivity (Wildman–Crippen MR) is 70.0 cm³/mol. The number of anilines is 1. The van der Waals surface area contributed by atoms with Crippen molar-refractivity contribution in [1.82, 2.24) is 5.32 Å². The normalized spacial score (nSPS) is 10.3. The summed E-state index contributed by atoms with van der Waals surface area (Å²) in [6, 6.07) is 7.56. The molecule has 0 aromatic heterocycles. The summed E-state index contributed by atoms with van der Waals surface area (Å²) in [7, 11) is -4.20. The van der Waals surface area contributed by atoms with Gasteiger partial charge in [-0.3, -0.25) is 0 Å². The molecule has 0 atom stereocenters. The fourth-order valence-corrected chi connectivity index (χ4v) is 1.67. The third-order valence-corrected chi connectivity index (χ3v) is 2.90. The molecule has 2 N–H and O–H groups in total. The van der Waals surface area contributed by atoms with Gasteiger partial charge in [0.2, 0.25) is 0 Å². The van der Waals surface area contributed by atoms with Crippen LogP contribution in [0.25, 0.3) is 0 Å². The smallest absolute Gasteiger partial charge is 0.748 e. The molecule has 0 unspecified atom stereocenters. The van der Waals surface area contributed by atoms with Crippen molar-refractivity contribution in [3.8, 4) is 0 Å². The molecule has 0 saturated carbocycles. The molecule has 0 radical (unpaired) electrons. The first-order valence-electron chi connectivity index (χ1n) is 4.92. The van der Waals surface area contributed by atoms with Crippen molar-refractivity contribution in [2.24, 2.45) is 0 Å². The molecule has 0 amide bonds. The maximum atomic E-state index is 10.3. The van der Waals surface area contributed by atoms with Crippen molar-refractivity contribution < 1.29 is 42.5 Å². The van der Waals surface area contributed by atoms with Crippen LogP contribution in [0.15, 0.2) is 24.3 Å². The van der Waals surface area contributed by atoms with Crippen LogP contribution in [0.4, 0.5) is 5.69 Å². The number of thiocarbonyl (C=S) groups is 1. The number of rotatable bonds is 4. The van der Waals surface area contributed by atoms with Gasteiger partial charge in [-0.2, -0.15) is 0 Å². The Morgan fingerprint density at radius 1 is 1.33 bits per heavy atom. The molecule has 1 rings (SSSR count). The van der Waals surface area contributed by atoms with Crippen LogP contribution in [-0.4, -0.2) is 30.4 Å². The van der Waals surface area contributed by atoms with Crippen molar-refractivity contribution in [3.05, 3.63) is 29.8 Å². The van der Waals surface area contributed by atoms with Crippen molar-refractivity contribution in [2.45, 2.75) is 6.92 Å². The summed E-state index contributed by atoms with van der Waals surface area (Å²) >= 11 is 4.94. The van der Waals surface area contributed by atoms with E-state index >= 15 is 0 Å². The number of hydrogen-bond acceptors (Lipinski definition) is 4. The van der Waals surface area contributed by atoms with Crippen molar-refractivity contribution in [1.29, 1.82) is 0 Å². The maximum Gasteiger partial charge on any atom is 1.00 e. The molecule has 5 nitrogen and oxygen atoms in total. The Hall–Kier alpha value is -0.180. The van der Waals surface area contributed by atoms with Gasteiger partial charge in [-0.25, -0.2) is 8.42 Å². The van der Waals surface area contributed by atoms with Crippen LogP contribution in [0.1, 0.15) is 5.56 Å². The second-order valence-corrected chi connectivity index (χ2v) is 5.44. The first kappa shape index (κ1) is 17.8. The molecule has 0 bridgehead atoms. The monoisotopic (exact) mass is 296 g/mol. The van der Waals surface area contributed by atoms with E-state index in [-0.39, 0.29) is 41.2 Å². The van der Waals surface area contributed by atoms with Crippen LogP contribution in [0, 0.1) is 6.92 Å². The Morgan fingerprint density at radius 3 is 2.39 bits per heavy atom. The van der Waals surface area contributed by atoms with Crippen LogP contribution < -0.4 is 40.2 Å². The predicted octanol–water partition coefficient (Wildman–Crippen LogP) is -2.17. The van der Waals surface area contributed by atoms with E-state index in [9.17, 15) is 13.0 Å². The summed E-state index contributed by atoms with van der Waals surface area (Å²) in [6.07, 6.45) is 0. The minimum atomic E-state index is -4.20. The summed E-state index contributed by atoms with van der Waals surface area (Å²) in [4.78, 5) is 0. The van der Waals surface area contributed by atoms with Gasteiger partial charge in [-0.1, -0.05) is 17.7 Å². The minimum Gasteiger partial charge on any atom is -0.748 e. The van der Waals surface area contributed by atoms with Gasteiger partial charge in [0.05, 0.1) is 15.9 Å². The van der Waals surface area contributed by atoms with Gasteiger partial charge < -0.3 is 15.2 Å². The van der Waals surface area contributed by atoms with E-state index < -0.39 is 15.9 Å². The molecule has 1 aromatic rings. The topological polar surface area (TPSA) is 81.3 Å². The van der Waals surface area contributed by atoms with Gasteiger partial charge in [-0.15, -0.1) is 0 Å². The first-order chi connectivity index (χ1) is 7.87. The molecule has 0 fully saturated rings. The standard InChI is InChI=1S/C10H14N2O3S2.Na/c1-8-2-4-9(5-3-8)12-10(16)11-6-7-17(13,14)15;/h2-5H,6-7H2,1H3,(H2,11,12,16)(H,13,14,15);/q;+1/p-1. The second kappa shape index (κ2) is 8.08. The van der Waals surface area contributed by atoms with Crippen LogP contribution in [0.5, 0.6) is 0 Å². The fourth-order valence-electron chi connectivity index (χ4n) is 1.10. The zero-order chi connectivity index (χ0) is 12.9.